The number of nitrogen functional groups attached to an aromatic ring is 1. The van der Waals surface area contributed by atoms with Gasteiger partial charge in [-0.25, -0.2) is 9.37 Å². The summed E-state index contributed by atoms with van der Waals surface area (Å²) in [5.41, 5.74) is 6.23. The molecule has 20 heavy (non-hydrogen) atoms. The Kier molecular flexibility index (Phi) is 3.84. The normalized spacial score (nSPS) is 10.2. The second-order valence-electron chi connectivity index (χ2n) is 4.34. The molecule has 1 aromatic heterocycles. The number of hydrogen-bond acceptors (Lipinski definition) is 4. The standard InChI is InChI=1S/C14H14FN3O2/c1-18(2)14(19)9-6-7-12(17-8-9)20-13-10(15)4-3-5-11(13)16/h3-8H,16H2,1-2H3. The van der Waals surface area contributed by atoms with Gasteiger partial charge in [0.2, 0.25) is 5.88 Å². The minimum absolute atomic E-state index is 0.0771. The molecular weight excluding hydrogens is 261 g/mol. The van der Waals surface area contributed by atoms with Crippen LogP contribution in [-0.2, 0) is 0 Å². The summed E-state index contributed by atoms with van der Waals surface area (Å²) in [6.07, 6.45) is 1.37. The van der Waals surface area contributed by atoms with Crippen LogP contribution in [0, 0.1) is 5.82 Å². The van der Waals surface area contributed by atoms with E-state index >= 15 is 0 Å². The van der Waals surface area contributed by atoms with Crippen LogP contribution in [0.15, 0.2) is 36.5 Å². The van der Waals surface area contributed by atoms with Crippen LogP contribution in [0.3, 0.4) is 0 Å². The lowest BCUT2D eigenvalue weighted by atomic mass is 10.2. The van der Waals surface area contributed by atoms with Crippen molar-refractivity contribution in [1.82, 2.24) is 9.88 Å². The zero-order valence-corrected chi connectivity index (χ0v) is 11.1. The molecule has 0 aliphatic carbocycles. The lowest BCUT2D eigenvalue weighted by Gasteiger charge is -2.11. The van der Waals surface area contributed by atoms with Gasteiger partial charge in [0.25, 0.3) is 5.91 Å². The highest BCUT2D eigenvalue weighted by Gasteiger charge is 2.11. The summed E-state index contributed by atoms with van der Waals surface area (Å²) in [6.45, 7) is 0. The first-order valence-electron chi connectivity index (χ1n) is 5.88. The van der Waals surface area contributed by atoms with Crippen LogP contribution in [0.5, 0.6) is 11.6 Å². The van der Waals surface area contributed by atoms with Crippen molar-refractivity contribution < 1.29 is 13.9 Å². The molecule has 0 spiro atoms. The van der Waals surface area contributed by atoms with Crippen molar-refractivity contribution in [2.45, 2.75) is 0 Å². The number of carbonyl (C=O) groups is 1. The fourth-order valence-corrected chi connectivity index (χ4v) is 1.56. The van der Waals surface area contributed by atoms with E-state index in [1.54, 1.807) is 20.2 Å². The zero-order chi connectivity index (χ0) is 14.7. The summed E-state index contributed by atoms with van der Waals surface area (Å²) in [5.74, 6) is -0.654. The first-order valence-corrected chi connectivity index (χ1v) is 5.88. The molecule has 1 amide bonds. The van der Waals surface area contributed by atoms with E-state index in [1.165, 1.54) is 35.4 Å². The molecule has 6 heteroatoms. The van der Waals surface area contributed by atoms with Crippen molar-refractivity contribution in [3.8, 4) is 11.6 Å². The maximum Gasteiger partial charge on any atom is 0.254 e. The van der Waals surface area contributed by atoms with Gasteiger partial charge < -0.3 is 15.4 Å². The summed E-state index contributed by atoms with van der Waals surface area (Å²) >= 11 is 0. The molecule has 5 nitrogen and oxygen atoms in total. The third kappa shape index (κ3) is 2.85. The second-order valence-corrected chi connectivity index (χ2v) is 4.34. The number of pyridine rings is 1. The Morgan fingerprint density at radius 2 is 2.05 bits per heavy atom. The SMILES string of the molecule is CN(C)C(=O)c1ccc(Oc2c(N)cccc2F)nc1. The van der Waals surface area contributed by atoms with Gasteiger partial charge in [-0.3, -0.25) is 4.79 Å². The van der Waals surface area contributed by atoms with Gasteiger partial charge in [0.05, 0.1) is 11.3 Å². The number of nitrogens with two attached hydrogens (primary N) is 1. The van der Waals surface area contributed by atoms with E-state index in [4.69, 9.17) is 10.5 Å². The second kappa shape index (κ2) is 5.56. The molecule has 0 radical (unpaired) electrons. The molecule has 1 aromatic carbocycles. The molecule has 2 N–H and O–H groups in total. The van der Waals surface area contributed by atoms with Gasteiger partial charge in [0.15, 0.2) is 11.6 Å². The Labute approximate surface area is 115 Å². The third-order valence-electron chi connectivity index (χ3n) is 2.59. The summed E-state index contributed by atoms with van der Waals surface area (Å²) in [6, 6.07) is 7.31. The van der Waals surface area contributed by atoms with Crippen molar-refractivity contribution in [1.29, 1.82) is 0 Å². The Morgan fingerprint density at radius 1 is 1.30 bits per heavy atom. The molecular formula is C14H14FN3O2. The Bertz CT molecular complexity index is 607. The minimum atomic E-state index is -0.569. The number of hydrogen-bond donors (Lipinski definition) is 1. The van der Waals surface area contributed by atoms with Gasteiger partial charge in [-0.2, -0.15) is 0 Å². The van der Waals surface area contributed by atoms with Crippen LogP contribution >= 0.6 is 0 Å². The van der Waals surface area contributed by atoms with Gasteiger partial charge in [-0.05, 0) is 18.2 Å². The molecule has 0 atom stereocenters. The largest absolute Gasteiger partial charge is 0.434 e. The van der Waals surface area contributed by atoms with Gasteiger partial charge in [0.1, 0.15) is 0 Å². The Morgan fingerprint density at radius 3 is 2.60 bits per heavy atom. The Hall–Kier alpha value is -2.63. The molecule has 0 aliphatic rings. The van der Waals surface area contributed by atoms with Crippen molar-refractivity contribution in [2.75, 3.05) is 19.8 Å². The van der Waals surface area contributed by atoms with Gasteiger partial charge in [-0.15, -0.1) is 0 Å². The lowest BCUT2D eigenvalue weighted by molar-refractivity contribution is 0.0827. The molecule has 0 saturated carbocycles. The fourth-order valence-electron chi connectivity index (χ4n) is 1.56. The predicted octanol–water partition coefficient (Wildman–Crippen LogP) is 2.30. The maximum atomic E-state index is 13.6. The summed E-state index contributed by atoms with van der Waals surface area (Å²) in [5, 5.41) is 0. The highest BCUT2D eigenvalue weighted by molar-refractivity contribution is 5.93. The average molecular weight is 275 g/mol. The number of nitrogens with zero attached hydrogens (tertiary/aromatic N) is 2. The van der Waals surface area contributed by atoms with E-state index in [-0.39, 0.29) is 23.2 Å². The zero-order valence-electron chi connectivity index (χ0n) is 11.1. The highest BCUT2D eigenvalue weighted by Crippen LogP contribution is 2.29. The van der Waals surface area contributed by atoms with E-state index < -0.39 is 5.82 Å². The summed E-state index contributed by atoms with van der Waals surface area (Å²) in [4.78, 5) is 17.1. The van der Waals surface area contributed by atoms with E-state index in [9.17, 15) is 9.18 Å². The molecule has 0 bridgehead atoms. The number of anilines is 1. The van der Waals surface area contributed by atoms with Crippen molar-refractivity contribution in [2.24, 2.45) is 0 Å². The van der Waals surface area contributed by atoms with Crippen LogP contribution in [0.4, 0.5) is 10.1 Å². The number of aromatic nitrogens is 1. The molecule has 2 rings (SSSR count). The average Bonchev–Trinajstić information content (AvgIpc) is 2.43. The van der Waals surface area contributed by atoms with Crippen molar-refractivity contribution >= 4 is 11.6 Å². The number of para-hydroxylation sites is 1. The third-order valence-corrected chi connectivity index (χ3v) is 2.59. The van der Waals surface area contributed by atoms with E-state index in [0.717, 1.165) is 0 Å². The summed E-state index contributed by atoms with van der Waals surface area (Å²) in [7, 11) is 3.29. The van der Waals surface area contributed by atoms with Crippen molar-refractivity contribution in [3.05, 3.63) is 47.9 Å². The van der Waals surface area contributed by atoms with Crippen LogP contribution in [-0.4, -0.2) is 29.9 Å². The fraction of sp³-hybridized carbons (Fsp3) is 0.143. The quantitative estimate of drug-likeness (QED) is 0.873. The topological polar surface area (TPSA) is 68.5 Å². The van der Waals surface area contributed by atoms with E-state index in [2.05, 4.69) is 4.98 Å². The Balaban J connectivity index is 2.21. The molecule has 2 aromatic rings. The lowest BCUT2D eigenvalue weighted by Crippen LogP contribution is -2.21. The van der Waals surface area contributed by atoms with Gasteiger partial charge >= 0.3 is 0 Å². The molecule has 0 aliphatic heterocycles. The highest BCUT2D eigenvalue weighted by atomic mass is 19.1. The maximum absolute atomic E-state index is 13.6. The first kappa shape index (κ1) is 13.8. The van der Waals surface area contributed by atoms with Crippen LogP contribution < -0.4 is 10.5 Å². The molecule has 1 heterocycles. The summed E-state index contributed by atoms with van der Waals surface area (Å²) < 4.78 is 18.9. The van der Waals surface area contributed by atoms with Gasteiger partial charge in [-0.1, -0.05) is 6.07 Å². The van der Waals surface area contributed by atoms with Crippen LogP contribution in [0.25, 0.3) is 0 Å². The van der Waals surface area contributed by atoms with Crippen LogP contribution in [0.1, 0.15) is 10.4 Å². The smallest absolute Gasteiger partial charge is 0.254 e. The number of carbonyl (C=O) groups excluding carboxylic acids is 1. The van der Waals surface area contributed by atoms with Crippen LogP contribution in [0.2, 0.25) is 0 Å². The number of ether oxygens (including phenoxy) is 1. The molecule has 0 unspecified atom stereocenters. The molecule has 0 fully saturated rings. The van der Waals surface area contributed by atoms with Crippen molar-refractivity contribution in [3.63, 3.8) is 0 Å². The number of amides is 1. The number of rotatable bonds is 3. The van der Waals surface area contributed by atoms with E-state index in [1.807, 2.05) is 0 Å². The minimum Gasteiger partial charge on any atom is -0.434 e. The molecule has 104 valence electrons. The van der Waals surface area contributed by atoms with Gasteiger partial charge in [0, 0.05) is 26.4 Å². The first-order chi connectivity index (χ1) is 9.49. The molecule has 0 saturated heterocycles. The van der Waals surface area contributed by atoms with E-state index in [0.29, 0.717) is 5.56 Å². The predicted molar refractivity (Wildman–Crippen MR) is 73.1 cm³/mol. The number of halogens is 1. The monoisotopic (exact) mass is 275 g/mol. The number of benzene rings is 1.